The van der Waals surface area contributed by atoms with Crippen molar-refractivity contribution in [3.8, 4) is 23.6 Å². The van der Waals surface area contributed by atoms with Crippen LogP contribution in [0, 0.1) is 22.7 Å². The SMILES string of the molecule is N#Cc1ccc(COc2ccc(Nc3c(C#N)cnc4c(NC(=O)C=C5CCNCC5)c(OC5CCOC5)ccc34)cc2Cl)cc1. The highest BCUT2D eigenvalue weighted by Crippen LogP contribution is 2.39. The molecule has 1 unspecified atom stereocenters. The lowest BCUT2D eigenvalue weighted by Gasteiger charge is -2.20. The molecule has 2 saturated heterocycles. The summed E-state index contributed by atoms with van der Waals surface area (Å²) in [5, 5.41) is 29.7. The predicted molar refractivity (Wildman–Crippen MR) is 175 cm³/mol. The number of rotatable bonds is 9. The number of halogens is 1. The van der Waals surface area contributed by atoms with E-state index in [0.29, 0.717) is 68.8 Å². The molecule has 0 saturated carbocycles. The minimum absolute atomic E-state index is 0.147. The number of piperidine rings is 1. The van der Waals surface area contributed by atoms with Gasteiger partial charge in [0.25, 0.3) is 0 Å². The van der Waals surface area contributed by atoms with E-state index in [1.54, 1.807) is 42.5 Å². The second kappa shape index (κ2) is 14.3. The van der Waals surface area contributed by atoms with Gasteiger partial charge in [0.05, 0.1) is 46.6 Å². The van der Waals surface area contributed by atoms with Crippen molar-refractivity contribution in [3.63, 3.8) is 0 Å². The molecule has 1 atom stereocenters. The number of fused-ring (bicyclic) bond motifs is 1. The summed E-state index contributed by atoms with van der Waals surface area (Å²) in [6.07, 6.45) is 5.34. The lowest BCUT2D eigenvalue weighted by molar-refractivity contribution is -0.112. The Labute approximate surface area is 271 Å². The van der Waals surface area contributed by atoms with Crippen LogP contribution in [0.5, 0.6) is 11.5 Å². The van der Waals surface area contributed by atoms with Crippen LogP contribution in [0.2, 0.25) is 5.02 Å². The van der Waals surface area contributed by atoms with Gasteiger partial charge in [0.15, 0.2) is 0 Å². The Morgan fingerprint density at radius 2 is 1.87 bits per heavy atom. The highest BCUT2D eigenvalue weighted by atomic mass is 35.5. The standard InChI is InChI=1S/C35H31ClN6O4/c36-29-16-26(5-7-30(29)45-20-24-3-1-23(17-37)2-4-24)41-33-25(18-38)19-40-34-28(33)6-8-31(46-27-11-14-44-21-27)35(34)42-32(43)15-22-9-12-39-13-10-22/h1-8,15-16,19,27,39H,9-14,20-21H2,(H,40,41)(H,42,43). The zero-order valence-corrected chi connectivity index (χ0v) is 25.7. The molecule has 0 aliphatic carbocycles. The van der Waals surface area contributed by atoms with Crippen molar-refractivity contribution in [2.24, 2.45) is 0 Å². The third-order valence-corrected chi connectivity index (χ3v) is 8.11. The molecule has 6 rings (SSSR count). The zero-order valence-electron chi connectivity index (χ0n) is 24.9. The van der Waals surface area contributed by atoms with E-state index in [1.807, 2.05) is 18.2 Å². The number of amides is 1. The normalized spacial score (nSPS) is 15.9. The second-order valence-corrected chi connectivity index (χ2v) is 11.4. The number of carbonyl (C=O) groups excluding carboxylic acids is 1. The summed E-state index contributed by atoms with van der Waals surface area (Å²) in [6, 6.07) is 20.3. The van der Waals surface area contributed by atoms with Crippen molar-refractivity contribution in [2.75, 3.05) is 36.9 Å². The molecular weight excluding hydrogens is 604 g/mol. The van der Waals surface area contributed by atoms with Gasteiger partial charge in [-0.15, -0.1) is 0 Å². The van der Waals surface area contributed by atoms with Crippen LogP contribution < -0.4 is 25.4 Å². The summed E-state index contributed by atoms with van der Waals surface area (Å²) in [6.45, 7) is 3.03. The van der Waals surface area contributed by atoms with Gasteiger partial charge in [0, 0.05) is 29.8 Å². The number of nitrogens with one attached hydrogen (secondary N) is 3. The smallest absolute Gasteiger partial charge is 0.248 e. The first kappa shape index (κ1) is 30.9. The molecule has 46 heavy (non-hydrogen) atoms. The number of anilines is 3. The molecule has 1 amide bonds. The molecule has 3 heterocycles. The Balaban J connectivity index is 1.29. The zero-order chi connectivity index (χ0) is 31.9. The van der Waals surface area contributed by atoms with E-state index in [0.717, 1.165) is 43.5 Å². The molecule has 232 valence electrons. The fraction of sp³-hybridized carbons (Fsp3) is 0.257. The van der Waals surface area contributed by atoms with Gasteiger partial charge < -0.3 is 30.2 Å². The van der Waals surface area contributed by atoms with Crippen LogP contribution in [-0.2, 0) is 16.1 Å². The molecule has 2 aliphatic heterocycles. The van der Waals surface area contributed by atoms with Gasteiger partial charge >= 0.3 is 0 Å². The molecule has 4 aromatic rings. The maximum absolute atomic E-state index is 13.2. The number of carbonyl (C=O) groups is 1. The van der Waals surface area contributed by atoms with Crippen molar-refractivity contribution in [1.82, 2.24) is 10.3 Å². The number of aromatic nitrogens is 1. The summed E-state index contributed by atoms with van der Waals surface area (Å²) in [5.74, 6) is 0.707. The van der Waals surface area contributed by atoms with Crippen LogP contribution in [0.1, 0.15) is 36.0 Å². The molecule has 10 nitrogen and oxygen atoms in total. The van der Waals surface area contributed by atoms with Crippen LogP contribution in [0.4, 0.5) is 17.1 Å². The minimum Gasteiger partial charge on any atom is -0.487 e. The molecule has 1 aromatic heterocycles. The van der Waals surface area contributed by atoms with Crippen LogP contribution in [0.25, 0.3) is 10.9 Å². The molecule has 2 fully saturated rings. The maximum Gasteiger partial charge on any atom is 0.248 e. The van der Waals surface area contributed by atoms with Gasteiger partial charge in [-0.3, -0.25) is 9.78 Å². The number of hydrogen-bond donors (Lipinski definition) is 3. The summed E-state index contributed by atoms with van der Waals surface area (Å²) in [7, 11) is 0. The number of ether oxygens (including phenoxy) is 3. The van der Waals surface area contributed by atoms with E-state index >= 15 is 0 Å². The lowest BCUT2D eigenvalue weighted by Crippen LogP contribution is -2.24. The molecule has 3 aromatic carbocycles. The topological polar surface area (TPSA) is 141 Å². The molecule has 3 N–H and O–H groups in total. The van der Waals surface area contributed by atoms with Gasteiger partial charge in [-0.25, -0.2) is 0 Å². The third-order valence-electron chi connectivity index (χ3n) is 7.81. The van der Waals surface area contributed by atoms with E-state index in [1.165, 1.54) is 6.20 Å². The molecule has 11 heteroatoms. The summed E-state index contributed by atoms with van der Waals surface area (Å²) in [4.78, 5) is 17.8. The van der Waals surface area contributed by atoms with E-state index in [-0.39, 0.29) is 18.6 Å². The quantitative estimate of drug-likeness (QED) is 0.179. The van der Waals surface area contributed by atoms with Gasteiger partial charge in [-0.05, 0) is 74.0 Å². The maximum atomic E-state index is 13.2. The van der Waals surface area contributed by atoms with E-state index < -0.39 is 0 Å². The van der Waals surface area contributed by atoms with Crippen molar-refractivity contribution in [1.29, 1.82) is 10.5 Å². The Kier molecular flexibility index (Phi) is 9.61. The Morgan fingerprint density at radius 3 is 2.59 bits per heavy atom. The van der Waals surface area contributed by atoms with Gasteiger partial charge in [0.1, 0.15) is 36.0 Å². The molecule has 2 aliphatic rings. The van der Waals surface area contributed by atoms with E-state index in [4.69, 9.17) is 31.1 Å². The number of hydrogen-bond acceptors (Lipinski definition) is 9. The van der Waals surface area contributed by atoms with Crippen LogP contribution in [0.15, 0.2) is 72.4 Å². The fourth-order valence-corrected chi connectivity index (χ4v) is 5.62. The Morgan fingerprint density at radius 1 is 1.07 bits per heavy atom. The molecule has 0 bridgehead atoms. The molecular formula is C35H31ClN6O4. The number of pyridine rings is 1. The van der Waals surface area contributed by atoms with E-state index in [2.05, 4.69) is 33.1 Å². The average Bonchev–Trinajstić information content (AvgIpc) is 3.59. The first-order chi connectivity index (χ1) is 22.5. The Bertz CT molecular complexity index is 1870. The summed E-state index contributed by atoms with van der Waals surface area (Å²) < 4.78 is 17.7. The van der Waals surface area contributed by atoms with Crippen molar-refractivity contribution in [2.45, 2.75) is 32.0 Å². The van der Waals surface area contributed by atoms with Crippen LogP contribution in [0.3, 0.4) is 0 Å². The van der Waals surface area contributed by atoms with Crippen molar-refractivity contribution >= 4 is 45.5 Å². The van der Waals surface area contributed by atoms with Gasteiger partial charge in [-0.2, -0.15) is 10.5 Å². The summed E-state index contributed by atoms with van der Waals surface area (Å²) >= 11 is 6.60. The third kappa shape index (κ3) is 7.22. The fourth-order valence-electron chi connectivity index (χ4n) is 5.38. The van der Waals surface area contributed by atoms with Gasteiger partial charge in [0.2, 0.25) is 5.91 Å². The van der Waals surface area contributed by atoms with Crippen LogP contribution in [-0.4, -0.2) is 43.3 Å². The predicted octanol–water partition coefficient (Wildman–Crippen LogP) is 6.37. The average molecular weight is 635 g/mol. The van der Waals surface area contributed by atoms with Gasteiger partial charge in [-0.1, -0.05) is 29.3 Å². The summed E-state index contributed by atoms with van der Waals surface area (Å²) in [5.41, 5.74) is 4.91. The minimum atomic E-state index is -0.263. The van der Waals surface area contributed by atoms with Crippen LogP contribution >= 0.6 is 11.6 Å². The van der Waals surface area contributed by atoms with Crippen molar-refractivity contribution in [3.05, 3.63) is 94.2 Å². The largest absolute Gasteiger partial charge is 0.487 e. The number of nitrogens with zero attached hydrogens (tertiary/aromatic N) is 3. The number of nitriles is 2. The highest BCUT2D eigenvalue weighted by molar-refractivity contribution is 6.32. The first-order valence-corrected chi connectivity index (χ1v) is 15.4. The molecule has 0 spiro atoms. The second-order valence-electron chi connectivity index (χ2n) is 11.0. The first-order valence-electron chi connectivity index (χ1n) is 15.0. The lowest BCUT2D eigenvalue weighted by atomic mass is 10.0. The van der Waals surface area contributed by atoms with Crippen molar-refractivity contribution < 1.29 is 19.0 Å². The Hall–Kier alpha value is -5.13. The highest BCUT2D eigenvalue weighted by Gasteiger charge is 2.23. The molecule has 0 radical (unpaired) electrons. The monoisotopic (exact) mass is 634 g/mol. The van der Waals surface area contributed by atoms with E-state index in [9.17, 15) is 10.1 Å². The number of benzene rings is 3.